The van der Waals surface area contributed by atoms with Crippen LogP contribution in [-0.2, 0) is 22.5 Å². The Balaban J connectivity index is 0.00000272. The van der Waals surface area contributed by atoms with E-state index in [-0.39, 0.29) is 25.1 Å². The number of nitriles is 1. The molecule has 1 unspecified atom stereocenters. The van der Waals surface area contributed by atoms with Gasteiger partial charge in [0.25, 0.3) is 5.91 Å². The van der Waals surface area contributed by atoms with E-state index in [2.05, 4.69) is 21.1 Å². The number of aliphatic imine (C=N–C) groups is 1. The van der Waals surface area contributed by atoms with Gasteiger partial charge in [0.05, 0.1) is 12.7 Å². The third-order valence-electron chi connectivity index (χ3n) is 5.91. The highest BCUT2D eigenvalue weighted by atomic mass is 32.1. The first-order valence-corrected chi connectivity index (χ1v) is 11.4. The maximum atomic E-state index is 13.1. The van der Waals surface area contributed by atoms with Crippen molar-refractivity contribution >= 4 is 34.0 Å². The number of nitrogens with one attached hydrogen (secondary N) is 3. The summed E-state index contributed by atoms with van der Waals surface area (Å²) in [5, 5.41) is 15.7. The Hall–Kier alpha value is -2.44. The minimum Gasteiger partial charge on any atom is -0.352 e. The van der Waals surface area contributed by atoms with Crippen LogP contribution in [0.4, 0.5) is 5.00 Å². The van der Waals surface area contributed by atoms with Gasteiger partial charge in [-0.1, -0.05) is 0 Å². The second-order valence-electron chi connectivity index (χ2n) is 8.40. The van der Waals surface area contributed by atoms with Gasteiger partial charge in [0.15, 0.2) is 0 Å². The molecule has 4 rings (SSSR count). The van der Waals surface area contributed by atoms with Crippen LogP contribution in [0.3, 0.4) is 0 Å². The lowest BCUT2D eigenvalue weighted by molar-refractivity contribution is -0.117. The summed E-state index contributed by atoms with van der Waals surface area (Å²) in [5.74, 6) is 1.34. The number of amides is 2. The maximum Gasteiger partial charge on any atom is 0.254 e. The summed E-state index contributed by atoms with van der Waals surface area (Å²) in [4.78, 5) is 35.4. The number of rotatable bonds is 8. The number of carbonyl (C=O) groups is 2. The van der Waals surface area contributed by atoms with E-state index < -0.39 is 0 Å². The molecule has 9 heteroatoms. The molecule has 1 heterocycles. The topological polar surface area (TPSA) is 116 Å². The molecule has 162 valence electrons. The van der Waals surface area contributed by atoms with Crippen LogP contribution in [-0.4, -0.2) is 31.3 Å². The van der Waals surface area contributed by atoms with Crippen molar-refractivity contribution < 1.29 is 15.9 Å². The lowest BCUT2D eigenvalue weighted by Crippen LogP contribution is -2.29. The highest BCUT2D eigenvalue weighted by molar-refractivity contribution is 7.17. The summed E-state index contributed by atoms with van der Waals surface area (Å²) >= 11 is 1.54. The summed E-state index contributed by atoms with van der Waals surface area (Å²) in [6, 6.07) is 0. The highest BCUT2D eigenvalue weighted by Gasteiger charge is 2.34. The fourth-order valence-corrected chi connectivity index (χ4v) is 5.17. The smallest absolute Gasteiger partial charge is 0.254 e. The Labute approximate surface area is 181 Å². The van der Waals surface area contributed by atoms with Gasteiger partial charge in [-0.25, -0.2) is 0 Å². The minimum absolute atomic E-state index is 0. The number of hydrogen-bond acceptors (Lipinski definition) is 6. The van der Waals surface area contributed by atoms with E-state index in [9.17, 15) is 9.59 Å². The molecular weight excluding hydrogens is 402 g/mol. The fraction of sp³-hybridized carbons (Fsp3) is 0.619. The van der Waals surface area contributed by atoms with Crippen LogP contribution in [0, 0.1) is 29.2 Å². The normalized spacial score (nSPS) is 20.8. The molecule has 3 N–H and O–H groups in total. The van der Waals surface area contributed by atoms with Gasteiger partial charge in [-0.2, -0.15) is 10.3 Å². The third-order valence-corrected chi connectivity index (χ3v) is 7.12. The first-order valence-electron chi connectivity index (χ1n) is 10.6. The van der Waals surface area contributed by atoms with Gasteiger partial charge in [0, 0.05) is 25.2 Å². The van der Waals surface area contributed by atoms with Crippen LogP contribution in [0.5, 0.6) is 0 Å². The molecule has 0 aromatic carbocycles. The molecule has 2 fully saturated rings. The van der Waals surface area contributed by atoms with Crippen LogP contribution in [0.1, 0.15) is 60.8 Å². The quantitative estimate of drug-likeness (QED) is 0.253. The maximum absolute atomic E-state index is 13.1. The van der Waals surface area contributed by atoms with E-state index in [1.54, 1.807) is 6.19 Å². The lowest BCUT2D eigenvalue weighted by Gasteiger charge is -2.23. The van der Waals surface area contributed by atoms with Gasteiger partial charge in [-0.05, 0) is 62.3 Å². The van der Waals surface area contributed by atoms with Crippen molar-refractivity contribution in [2.45, 2.75) is 51.4 Å². The predicted molar refractivity (Wildman–Crippen MR) is 116 cm³/mol. The highest BCUT2D eigenvalue weighted by Crippen LogP contribution is 2.42. The summed E-state index contributed by atoms with van der Waals surface area (Å²) < 4.78 is 0. The number of anilines is 1. The lowest BCUT2D eigenvalue weighted by atomic mass is 9.84. The molecule has 30 heavy (non-hydrogen) atoms. The summed E-state index contributed by atoms with van der Waals surface area (Å²) in [6.07, 6.45) is 9.06. The van der Waals surface area contributed by atoms with Gasteiger partial charge in [0.1, 0.15) is 10.8 Å². The Morgan fingerprint density at radius 2 is 2.07 bits per heavy atom. The average molecular weight is 432 g/mol. The molecule has 1 aromatic rings. The monoisotopic (exact) mass is 431 g/mol. The second-order valence-corrected chi connectivity index (χ2v) is 9.51. The molecule has 3 aliphatic rings. The van der Waals surface area contributed by atoms with Crippen LogP contribution in [0.25, 0.3) is 0 Å². The number of nitrogens with zero attached hydrogens (tertiary/aromatic N) is 2. The number of carbonyl (C=O) groups excluding carboxylic acids is 2. The van der Waals surface area contributed by atoms with E-state index in [4.69, 9.17) is 10.1 Å². The van der Waals surface area contributed by atoms with Crippen molar-refractivity contribution in [3.05, 3.63) is 16.0 Å². The van der Waals surface area contributed by atoms with Gasteiger partial charge in [-0.15, -0.1) is 11.3 Å². The Kier molecular flexibility index (Phi) is 6.35. The fourth-order valence-electron chi connectivity index (χ4n) is 3.93. The van der Waals surface area contributed by atoms with Gasteiger partial charge in [-0.3, -0.25) is 19.9 Å². The first-order chi connectivity index (χ1) is 14.6. The van der Waals surface area contributed by atoms with Crippen molar-refractivity contribution in [1.82, 2.24) is 10.8 Å². The molecule has 0 saturated heterocycles. The molecule has 2 saturated carbocycles. The van der Waals surface area contributed by atoms with Crippen molar-refractivity contribution in [3.63, 3.8) is 0 Å². The third kappa shape index (κ3) is 4.99. The average Bonchev–Trinajstić information content (AvgIpc) is 3.63. The molecule has 1 atom stereocenters. The second kappa shape index (κ2) is 9.14. The Morgan fingerprint density at radius 1 is 1.27 bits per heavy atom. The number of hydrogen-bond donors (Lipinski definition) is 3. The van der Waals surface area contributed by atoms with Crippen LogP contribution in [0.2, 0.25) is 0 Å². The summed E-state index contributed by atoms with van der Waals surface area (Å²) in [6.45, 7) is 0.694. The first kappa shape index (κ1) is 20.8. The van der Waals surface area contributed by atoms with Crippen molar-refractivity contribution in [3.8, 4) is 6.19 Å². The zero-order valence-corrected chi connectivity index (χ0v) is 17.9. The molecule has 3 aliphatic carbocycles. The van der Waals surface area contributed by atoms with Gasteiger partial charge < -0.3 is 10.6 Å². The molecule has 0 radical (unpaired) electrons. The molecule has 2 amide bonds. The molecule has 8 nitrogen and oxygen atoms in total. The molecular formula is C21H29N5O3S. The molecule has 0 spiro atoms. The summed E-state index contributed by atoms with van der Waals surface area (Å²) in [5.41, 5.74) is 4.34. The zero-order valence-electron chi connectivity index (χ0n) is 17.1. The molecule has 1 aromatic heterocycles. The number of aryl methyl sites for hydroxylation is 1. The molecule has 0 aliphatic heterocycles. The summed E-state index contributed by atoms with van der Waals surface area (Å²) in [7, 11) is 1.49. The zero-order chi connectivity index (χ0) is 21.1. The van der Waals surface area contributed by atoms with E-state index >= 15 is 0 Å². The number of hydroxylamine groups is 1. The molecule has 0 bridgehead atoms. The SMILES string of the molecule is CONC(CC1CCc2sc(NC(=O)C3CC3)c(C(=O)NCC3CC3)c2C1)=NC#N.[HH]. The van der Waals surface area contributed by atoms with Crippen molar-refractivity contribution in [1.29, 1.82) is 5.26 Å². The van der Waals surface area contributed by atoms with E-state index in [1.165, 1.54) is 36.2 Å². The van der Waals surface area contributed by atoms with E-state index in [1.807, 2.05) is 0 Å². The van der Waals surface area contributed by atoms with Crippen molar-refractivity contribution in [2.75, 3.05) is 19.0 Å². The Morgan fingerprint density at radius 3 is 2.73 bits per heavy atom. The number of amidine groups is 1. The van der Waals surface area contributed by atoms with Gasteiger partial charge >= 0.3 is 0 Å². The van der Waals surface area contributed by atoms with Crippen molar-refractivity contribution in [2.24, 2.45) is 22.7 Å². The Bertz CT molecular complexity index is 902. The number of thiophene rings is 1. The number of fused-ring (bicyclic) bond motifs is 1. The van der Waals surface area contributed by atoms with E-state index in [0.717, 1.165) is 31.2 Å². The van der Waals surface area contributed by atoms with Crippen LogP contribution in [0.15, 0.2) is 4.99 Å². The van der Waals surface area contributed by atoms with Crippen LogP contribution < -0.4 is 16.1 Å². The largest absolute Gasteiger partial charge is 0.352 e. The van der Waals surface area contributed by atoms with E-state index in [0.29, 0.717) is 41.7 Å². The minimum atomic E-state index is -0.0907. The standard InChI is InChI=1S/C21H27N5O3S.H2/c1-29-26-17(24-11-22)9-13-4-7-16-15(8-13)18(20(28)23-10-12-2-3-12)21(30-16)25-19(27)14-5-6-14;/h12-14H,2-10H2,1H3,(H,23,28)(H,24,26)(H,25,27);1H. The van der Waals surface area contributed by atoms with Crippen LogP contribution >= 0.6 is 11.3 Å². The predicted octanol–water partition coefficient (Wildman–Crippen LogP) is 3.01. The van der Waals surface area contributed by atoms with Gasteiger partial charge in [0.2, 0.25) is 12.1 Å².